The van der Waals surface area contributed by atoms with E-state index in [1.807, 2.05) is 23.9 Å². The van der Waals surface area contributed by atoms with Crippen molar-refractivity contribution in [2.45, 2.75) is 10.9 Å². The predicted molar refractivity (Wildman–Crippen MR) is 87.3 cm³/mol. The van der Waals surface area contributed by atoms with Crippen LogP contribution in [0.3, 0.4) is 0 Å². The third-order valence-corrected chi connectivity index (χ3v) is 4.63. The maximum Gasteiger partial charge on any atom is 0.119 e. The second-order valence-electron chi connectivity index (χ2n) is 4.91. The summed E-state index contributed by atoms with van der Waals surface area (Å²) in [6.07, 6.45) is 0. The Morgan fingerprint density at radius 3 is 2.71 bits per heavy atom. The lowest BCUT2D eigenvalue weighted by atomic mass is 10.1. The highest BCUT2D eigenvalue weighted by Gasteiger charge is 2.22. The monoisotopic (exact) mass is 301 g/mol. The molecule has 0 amide bonds. The molecule has 21 heavy (non-hydrogen) atoms. The van der Waals surface area contributed by atoms with Crippen molar-refractivity contribution in [1.29, 1.82) is 0 Å². The van der Waals surface area contributed by atoms with Crippen LogP contribution in [-0.4, -0.2) is 26.1 Å². The van der Waals surface area contributed by atoms with E-state index in [1.165, 1.54) is 10.5 Å². The minimum atomic E-state index is 0.381. The van der Waals surface area contributed by atoms with Crippen molar-refractivity contribution in [1.82, 2.24) is 0 Å². The first kappa shape index (κ1) is 14.3. The highest BCUT2D eigenvalue weighted by molar-refractivity contribution is 7.99. The predicted octanol–water partition coefficient (Wildman–Crippen LogP) is 3.97. The molecule has 0 aliphatic carbocycles. The van der Waals surface area contributed by atoms with Gasteiger partial charge in [-0.25, -0.2) is 0 Å². The fourth-order valence-electron chi connectivity index (χ4n) is 2.37. The van der Waals surface area contributed by atoms with Crippen molar-refractivity contribution < 1.29 is 9.47 Å². The molecule has 110 valence electrons. The molecule has 4 heteroatoms. The molecule has 0 fully saturated rings. The van der Waals surface area contributed by atoms with Gasteiger partial charge in [-0.2, -0.15) is 0 Å². The number of methoxy groups -OCH3 is 1. The number of anilines is 1. The number of fused-ring (bicyclic) bond motifs is 1. The maximum absolute atomic E-state index is 5.57. The number of benzene rings is 2. The molecule has 0 saturated heterocycles. The summed E-state index contributed by atoms with van der Waals surface area (Å²) in [7, 11) is 1.67. The summed E-state index contributed by atoms with van der Waals surface area (Å²) in [5, 5.41) is 3.59. The van der Waals surface area contributed by atoms with E-state index in [-0.39, 0.29) is 0 Å². The summed E-state index contributed by atoms with van der Waals surface area (Å²) in [6.45, 7) is 1.19. The lowest BCUT2D eigenvalue weighted by molar-refractivity contribution is 0.146. The summed E-state index contributed by atoms with van der Waals surface area (Å²) in [4.78, 5) is 1.38. The van der Waals surface area contributed by atoms with E-state index in [0.717, 1.165) is 17.2 Å². The van der Waals surface area contributed by atoms with Gasteiger partial charge in [-0.3, -0.25) is 0 Å². The molecule has 1 heterocycles. The fourth-order valence-corrected chi connectivity index (χ4v) is 3.53. The van der Waals surface area contributed by atoms with E-state index < -0.39 is 0 Å². The summed E-state index contributed by atoms with van der Waals surface area (Å²) in [6, 6.07) is 17.1. The Morgan fingerprint density at radius 1 is 1.10 bits per heavy atom. The molecule has 1 unspecified atom stereocenters. The normalized spacial score (nSPS) is 16.5. The SMILES string of the molecule is COCCOc1ccc(NC2CSc3ccccc32)cc1. The van der Waals surface area contributed by atoms with Gasteiger partial charge in [0.1, 0.15) is 12.4 Å². The zero-order chi connectivity index (χ0) is 14.5. The summed E-state index contributed by atoms with van der Waals surface area (Å²) in [5.41, 5.74) is 2.51. The van der Waals surface area contributed by atoms with Gasteiger partial charge in [0, 0.05) is 23.4 Å². The molecule has 0 aromatic heterocycles. The van der Waals surface area contributed by atoms with Gasteiger partial charge in [-0.05, 0) is 35.9 Å². The summed E-state index contributed by atoms with van der Waals surface area (Å²) < 4.78 is 10.5. The Morgan fingerprint density at radius 2 is 1.90 bits per heavy atom. The Balaban J connectivity index is 1.61. The van der Waals surface area contributed by atoms with Crippen LogP contribution in [0.5, 0.6) is 5.75 Å². The van der Waals surface area contributed by atoms with E-state index in [2.05, 4.69) is 41.7 Å². The van der Waals surface area contributed by atoms with Crippen LogP contribution in [0, 0.1) is 0 Å². The average Bonchev–Trinajstić information content (AvgIpc) is 2.93. The van der Waals surface area contributed by atoms with Gasteiger partial charge in [-0.1, -0.05) is 18.2 Å². The zero-order valence-electron chi connectivity index (χ0n) is 12.0. The van der Waals surface area contributed by atoms with Crippen LogP contribution in [-0.2, 0) is 4.74 Å². The average molecular weight is 301 g/mol. The Hall–Kier alpha value is -1.65. The zero-order valence-corrected chi connectivity index (χ0v) is 12.9. The maximum atomic E-state index is 5.57. The van der Waals surface area contributed by atoms with E-state index >= 15 is 0 Å². The van der Waals surface area contributed by atoms with Gasteiger partial charge in [0.15, 0.2) is 0 Å². The fraction of sp³-hybridized carbons (Fsp3) is 0.294. The highest BCUT2D eigenvalue weighted by Crippen LogP contribution is 2.39. The second-order valence-corrected chi connectivity index (χ2v) is 5.97. The van der Waals surface area contributed by atoms with E-state index in [9.17, 15) is 0 Å². The molecule has 1 atom stereocenters. The summed E-state index contributed by atoms with van der Waals surface area (Å²) >= 11 is 1.91. The molecule has 2 aromatic carbocycles. The lowest BCUT2D eigenvalue weighted by Gasteiger charge is -2.15. The van der Waals surface area contributed by atoms with Crippen molar-refractivity contribution in [2.24, 2.45) is 0 Å². The standard InChI is InChI=1S/C17H19NO2S/c1-19-10-11-20-14-8-6-13(7-9-14)18-16-12-21-17-5-3-2-4-15(16)17/h2-9,16,18H,10-12H2,1H3. The Bertz CT molecular complexity index is 586. The molecular formula is C17H19NO2S. The quantitative estimate of drug-likeness (QED) is 0.818. The smallest absolute Gasteiger partial charge is 0.119 e. The highest BCUT2D eigenvalue weighted by atomic mass is 32.2. The third-order valence-electron chi connectivity index (χ3n) is 3.45. The number of hydrogen-bond acceptors (Lipinski definition) is 4. The molecule has 2 aromatic rings. The number of thioether (sulfide) groups is 1. The minimum absolute atomic E-state index is 0.381. The van der Waals surface area contributed by atoms with E-state index in [0.29, 0.717) is 19.3 Å². The van der Waals surface area contributed by atoms with Crippen LogP contribution in [0.1, 0.15) is 11.6 Å². The number of nitrogens with one attached hydrogen (secondary N) is 1. The Labute approximate surface area is 129 Å². The first-order valence-electron chi connectivity index (χ1n) is 7.07. The first-order valence-corrected chi connectivity index (χ1v) is 8.05. The van der Waals surface area contributed by atoms with Crippen molar-refractivity contribution in [3.05, 3.63) is 54.1 Å². The topological polar surface area (TPSA) is 30.5 Å². The van der Waals surface area contributed by atoms with Crippen LogP contribution in [0.4, 0.5) is 5.69 Å². The third kappa shape index (κ3) is 3.52. The second kappa shape index (κ2) is 6.87. The molecule has 0 bridgehead atoms. The molecule has 1 aliphatic rings. The van der Waals surface area contributed by atoms with Gasteiger partial charge >= 0.3 is 0 Å². The lowest BCUT2D eigenvalue weighted by Crippen LogP contribution is -2.09. The van der Waals surface area contributed by atoms with Gasteiger partial charge in [-0.15, -0.1) is 11.8 Å². The van der Waals surface area contributed by atoms with Crippen LogP contribution in [0.2, 0.25) is 0 Å². The van der Waals surface area contributed by atoms with Crippen LogP contribution >= 0.6 is 11.8 Å². The van der Waals surface area contributed by atoms with Crippen molar-refractivity contribution in [2.75, 3.05) is 31.4 Å². The molecule has 1 aliphatic heterocycles. The van der Waals surface area contributed by atoms with Gasteiger partial charge < -0.3 is 14.8 Å². The molecular weight excluding hydrogens is 282 g/mol. The molecule has 3 nitrogen and oxygen atoms in total. The molecule has 0 radical (unpaired) electrons. The number of ether oxygens (including phenoxy) is 2. The van der Waals surface area contributed by atoms with Crippen LogP contribution in [0.25, 0.3) is 0 Å². The van der Waals surface area contributed by atoms with Crippen LogP contribution in [0.15, 0.2) is 53.4 Å². The van der Waals surface area contributed by atoms with Crippen LogP contribution < -0.4 is 10.1 Å². The van der Waals surface area contributed by atoms with E-state index in [4.69, 9.17) is 9.47 Å². The van der Waals surface area contributed by atoms with Crippen molar-refractivity contribution in [3.63, 3.8) is 0 Å². The first-order chi connectivity index (χ1) is 10.4. The Kier molecular flexibility index (Phi) is 4.68. The van der Waals surface area contributed by atoms with Gasteiger partial charge in [0.25, 0.3) is 0 Å². The largest absolute Gasteiger partial charge is 0.491 e. The number of hydrogen-bond donors (Lipinski definition) is 1. The molecule has 1 N–H and O–H groups in total. The summed E-state index contributed by atoms with van der Waals surface area (Å²) in [5.74, 6) is 1.95. The molecule has 0 spiro atoms. The molecule has 3 rings (SSSR count). The van der Waals surface area contributed by atoms with Crippen molar-refractivity contribution in [3.8, 4) is 5.75 Å². The molecule has 0 saturated carbocycles. The van der Waals surface area contributed by atoms with Gasteiger partial charge in [0.2, 0.25) is 0 Å². The van der Waals surface area contributed by atoms with Crippen molar-refractivity contribution >= 4 is 17.4 Å². The van der Waals surface area contributed by atoms with Gasteiger partial charge in [0.05, 0.1) is 12.6 Å². The minimum Gasteiger partial charge on any atom is -0.491 e. The number of rotatable bonds is 6. The van der Waals surface area contributed by atoms with E-state index in [1.54, 1.807) is 7.11 Å².